The molecule has 1 aliphatic rings. The third-order valence-corrected chi connectivity index (χ3v) is 4.91. The molecule has 0 aromatic carbocycles. The van der Waals surface area contributed by atoms with Crippen LogP contribution in [0, 0.1) is 5.92 Å². The van der Waals surface area contributed by atoms with E-state index in [1.54, 1.807) is 16.7 Å². The van der Waals surface area contributed by atoms with Gasteiger partial charge in [-0.3, -0.25) is 4.79 Å². The summed E-state index contributed by atoms with van der Waals surface area (Å²) in [7, 11) is 0. The lowest BCUT2D eigenvalue weighted by Gasteiger charge is -2.49. The van der Waals surface area contributed by atoms with Gasteiger partial charge in [0.25, 0.3) is 0 Å². The molecule has 0 aromatic heterocycles. The molecule has 7 heteroatoms. The van der Waals surface area contributed by atoms with Gasteiger partial charge in [-0.1, -0.05) is 6.92 Å². The molecule has 0 spiro atoms. The monoisotopic (exact) mass is 318 g/mol. The summed E-state index contributed by atoms with van der Waals surface area (Å²) in [6.07, 6.45) is -0.329. The highest BCUT2D eigenvalue weighted by molar-refractivity contribution is 8.00. The summed E-state index contributed by atoms with van der Waals surface area (Å²) in [6, 6.07) is 0. The van der Waals surface area contributed by atoms with Crippen molar-refractivity contribution in [2.75, 3.05) is 25.4 Å². The van der Waals surface area contributed by atoms with Gasteiger partial charge in [0, 0.05) is 13.1 Å². The Bertz CT molecular complexity index is 389. The van der Waals surface area contributed by atoms with E-state index in [1.807, 2.05) is 27.7 Å². The summed E-state index contributed by atoms with van der Waals surface area (Å²) < 4.78 is 4.89. The lowest BCUT2D eigenvalue weighted by Crippen LogP contribution is -2.63. The number of thioether (sulfide) groups is 1. The van der Waals surface area contributed by atoms with Gasteiger partial charge >= 0.3 is 12.1 Å². The maximum Gasteiger partial charge on any atom is 0.410 e. The molecule has 0 aliphatic carbocycles. The number of likely N-dealkylation sites (tertiary alicyclic amines) is 1. The third-order valence-electron chi connectivity index (χ3n) is 3.16. The van der Waals surface area contributed by atoms with Crippen LogP contribution in [0.5, 0.6) is 0 Å². The molecular formula is C14H26N2O4S. The van der Waals surface area contributed by atoms with Crippen molar-refractivity contribution in [3.05, 3.63) is 0 Å². The summed E-state index contributed by atoms with van der Waals surface area (Å²) in [4.78, 5) is 24.6. The predicted octanol–water partition coefficient (Wildman–Crippen LogP) is 1.78. The highest BCUT2D eigenvalue weighted by Gasteiger charge is 2.48. The highest BCUT2D eigenvalue weighted by atomic mass is 32.2. The van der Waals surface area contributed by atoms with Gasteiger partial charge in [-0.05, 0) is 39.0 Å². The van der Waals surface area contributed by atoms with E-state index in [9.17, 15) is 9.59 Å². The maximum absolute atomic E-state index is 11.9. The minimum absolute atomic E-state index is 0.0499. The topological polar surface area (TPSA) is 92.9 Å². The summed E-state index contributed by atoms with van der Waals surface area (Å²) in [5.74, 6) is 0.286. The second-order valence-electron chi connectivity index (χ2n) is 6.74. The number of aliphatic carboxylic acids is 1. The van der Waals surface area contributed by atoms with Crippen molar-refractivity contribution in [2.45, 2.75) is 44.5 Å². The molecular weight excluding hydrogens is 292 g/mol. The summed E-state index contributed by atoms with van der Waals surface area (Å²) in [5.41, 5.74) is 5.05. The van der Waals surface area contributed by atoms with Gasteiger partial charge < -0.3 is 20.5 Å². The fourth-order valence-corrected chi connectivity index (χ4v) is 3.52. The molecule has 3 N–H and O–H groups in total. The van der Waals surface area contributed by atoms with Gasteiger partial charge in [-0.15, -0.1) is 0 Å². The Morgan fingerprint density at radius 1 is 1.43 bits per heavy atom. The normalized spacial score (nSPS) is 18.8. The summed E-state index contributed by atoms with van der Waals surface area (Å²) in [5, 5.41) is 9.08. The molecule has 0 bridgehead atoms. The van der Waals surface area contributed by atoms with Crippen LogP contribution < -0.4 is 5.73 Å². The van der Waals surface area contributed by atoms with E-state index in [2.05, 4.69) is 0 Å². The largest absolute Gasteiger partial charge is 0.481 e. The Hall–Kier alpha value is -0.950. The van der Waals surface area contributed by atoms with Crippen molar-refractivity contribution in [3.63, 3.8) is 0 Å². The molecule has 0 saturated carbocycles. The molecule has 1 rings (SSSR count). The van der Waals surface area contributed by atoms with E-state index >= 15 is 0 Å². The highest BCUT2D eigenvalue weighted by Crippen LogP contribution is 2.40. The second-order valence-corrected chi connectivity index (χ2v) is 8.23. The van der Waals surface area contributed by atoms with E-state index in [4.69, 9.17) is 15.6 Å². The molecule has 21 heavy (non-hydrogen) atoms. The second kappa shape index (κ2) is 6.87. The number of ether oxygens (including phenoxy) is 1. The molecule has 1 fully saturated rings. The number of rotatable bonds is 6. The average molecular weight is 318 g/mol. The number of carbonyl (C=O) groups excluding carboxylic acids is 1. The van der Waals surface area contributed by atoms with E-state index in [0.29, 0.717) is 25.6 Å². The zero-order chi connectivity index (χ0) is 16.3. The zero-order valence-electron chi connectivity index (χ0n) is 13.2. The first-order valence-electron chi connectivity index (χ1n) is 7.11. The van der Waals surface area contributed by atoms with Crippen molar-refractivity contribution in [2.24, 2.45) is 11.7 Å². The number of hydrogen-bond donors (Lipinski definition) is 2. The first kappa shape index (κ1) is 18.1. The van der Waals surface area contributed by atoms with Crippen LogP contribution in [0.25, 0.3) is 0 Å². The lowest BCUT2D eigenvalue weighted by molar-refractivity contribution is -0.138. The molecule has 0 radical (unpaired) electrons. The first-order valence-corrected chi connectivity index (χ1v) is 8.09. The molecule has 1 saturated heterocycles. The summed E-state index contributed by atoms with van der Waals surface area (Å²) in [6.45, 7) is 8.87. The van der Waals surface area contributed by atoms with Gasteiger partial charge in [-0.2, -0.15) is 11.8 Å². The number of carboxylic acids is 1. The molecule has 1 unspecified atom stereocenters. The average Bonchev–Trinajstić information content (AvgIpc) is 2.28. The van der Waals surface area contributed by atoms with E-state index in [1.165, 1.54) is 0 Å². The van der Waals surface area contributed by atoms with Gasteiger partial charge in [0.2, 0.25) is 0 Å². The van der Waals surface area contributed by atoms with Crippen LogP contribution in [0.15, 0.2) is 0 Å². The molecule has 1 aliphatic heterocycles. The van der Waals surface area contributed by atoms with Crippen LogP contribution in [0.2, 0.25) is 0 Å². The maximum atomic E-state index is 11.9. The van der Waals surface area contributed by atoms with Crippen LogP contribution in [0.4, 0.5) is 4.79 Å². The van der Waals surface area contributed by atoms with Gasteiger partial charge in [-0.25, -0.2) is 4.79 Å². The summed E-state index contributed by atoms with van der Waals surface area (Å²) >= 11 is 1.60. The number of amides is 1. The first-order chi connectivity index (χ1) is 9.57. The van der Waals surface area contributed by atoms with Gasteiger partial charge in [0.05, 0.1) is 11.2 Å². The predicted molar refractivity (Wildman–Crippen MR) is 83.5 cm³/mol. The van der Waals surface area contributed by atoms with E-state index in [-0.39, 0.29) is 12.5 Å². The van der Waals surface area contributed by atoms with Gasteiger partial charge in [0.1, 0.15) is 5.60 Å². The van der Waals surface area contributed by atoms with Crippen molar-refractivity contribution < 1.29 is 19.4 Å². The fraction of sp³-hybridized carbons (Fsp3) is 0.857. The number of carboxylic acid groups (broad SMARTS) is 1. The molecule has 1 atom stereocenters. The van der Waals surface area contributed by atoms with Crippen molar-refractivity contribution in [1.29, 1.82) is 0 Å². The Kier molecular flexibility index (Phi) is 5.92. The van der Waals surface area contributed by atoms with Crippen LogP contribution in [-0.4, -0.2) is 57.8 Å². The quantitative estimate of drug-likeness (QED) is 0.775. The number of nitrogens with zero attached hydrogens (tertiary/aromatic N) is 1. The minimum atomic E-state index is -0.841. The van der Waals surface area contributed by atoms with Gasteiger partial charge in [0.15, 0.2) is 0 Å². The number of hydrogen-bond acceptors (Lipinski definition) is 5. The Labute approximate surface area is 130 Å². The molecule has 122 valence electrons. The Balaban J connectivity index is 2.57. The standard InChI is InChI=1S/C14H26N2O4S/c1-10(6-15)7-21-14(5-11(17)18)8-16(9-14)12(19)20-13(2,3)4/h10H,5-9,15H2,1-4H3,(H,17,18). The van der Waals surface area contributed by atoms with Crippen molar-refractivity contribution in [1.82, 2.24) is 4.90 Å². The van der Waals surface area contributed by atoms with Crippen LogP contribution in [0.1, 0.15) is 34.1 Å². The Morgan fingerprint density at radius 3 is 2.43 bits per heavy atom. The third kappa shape index (κ3) is 5.74. The van der Waals surface area contributed by atoms with Crippen molar-refractivity contribution in [3.8, 4) is 0 Å². The molecule has 1 amide bonds. The fourth-order valence-electron chi connectivity index (χ4n) is 2.02. The Morgan fingerprint density at radius 2 is 2.00 bits per heavy atom. The van der Waals surface area contributed by atoms with Crippen LogP contribution >= 0.6 is 11.8 Å². The van der Waals surface area contributed by atoms with Crippen LogP contribution in [0.3, 0.4) is 0 Å². The molecule has 6 nitrogen and oxygen atoms in total. The van der Waals surface area contributed by atoms with Crippen molar-refractivity contribution >= 4 is 23.8 Å². The zero-order valence-corrected chi connectivity index (χ0v) is 14.0. The van der Waals surface area contributed by atoms with Crippen LogP contribution in [-0.2, 0) is 9.53 Å². The van der Waals surface area contributed by atoms with E-state index < -0.39 is 16.3 Å². The SMILES string of the molecule is CC(CN)CSC1(CC(=O)O)CN(C(=O)OC(C)(C)C)C1. The smallest absolute Gasteiger partial charge is 0.410 e. The number of nitrogens with two attached hydrogens (primary N) is 1. The minimum Gasteiger partial charge on any atom is -0.481 e. The molecule has 1 heterocycles. The molecule has 0 aromatic rings. The van der Waals surface area contributed by atoms with E-state index in [0.717, 1.165) is 5.75 Å². The lowest BCUT2D eigenvalue weighted by atomic mass is 9.95. The number of carbonyl (C=O) groups is 2.